The SMILES string of the molecule is CCC(SC)C(=O)N1CCCc2c(NC(C)=O)ccc(C)c21. The minimum atomic E-state index is -0.0787. The van der Waals surface area contributed by atoms with Gasteiger partial charge in [-0.2, -0.15) is 11.8 Å². The zero-order chi connectivity index (χ0) is 16.3. The lowest BCUT2D eigenvalue weighted by atomic mass is 9.95. The first-order chi connectivity index (χ1) is 10.5. The number of amides is 2. The van der Waals surface area contributed by atoms with Gasteiger partial charge in [0.05, 0.1) is 10.9 Å². The Morgan fingerprint density at radius 3 is 2.73 bits per heavy atom. The van der Waals surface area contributed by atoms with Crippen molar-refractivity contribution in [2.24, 2.45) is 0 Å². The minimum Gasteiger partial charge on any atom is -0.326 e. The number of carbonyl (C=O) groups is 2. The van der Waals surface area contributed by atoms with Gasteiger partial charge >= 0.3 is 0 Å². The lowest BCUT2D eigenvalue weighted by Crippen LogP contribution is -2.41. The van der Waals surface area contributed by atoms with Crippen molar-refractivity contribution in [3.8, 4) is 0 Å². The molecule has 1 aliphatic heterocycles. The van der Waals surface area contributed by atoms with Crippen LogP contribution in [-0.2, 0) is 16.0 Å². The van der Waals surface area contributed by atoms with Gasteiger partial charge in [0.15, 0.2) is 0 Å². The van der Waals surface area contributed by atoms with E-state index in [2.05, 4.69) is 5.32 Å². The second kappa shape index (κ2) is 7.18. The number of thioether (sulfide) groups is 1. The number of hydrogen-bond acceptors (Lipinski definition) is 3. The fraction of sp³-hybridized carbons (Fsp3) is 0.529. The van der Waals surface area contributed by atoms with Gasteiger partial charge in [-0.05, 0) is 49.6 Å². The Hall–Kier alpha value is -1.49. The summed E-state index contributed by atoms with van der Waals surface area (Å²) in [6.45, 7) is 6.35. The summed E-state index contributed by atoms with van der Waals surface area (Å²) in [5, 5.41) is 2.89. The molecule has 1 aliphatic rings. The first-order valence-corrected chi connectivity index (χ1v) is 9.02. The van der Waals surface area contributed by atoms with Gasteiger partial charge in [-0.3, -0.25) is 9.59 Å². The molecular formula is C17H24N2O2S. The molecule has 1 atom stereocenters. The molecule has 22 heavy (non-hydrogen) atoms. The van der Waals surface area contributed by atoms with E-state index in [4.69, 9.17) is 0 Å². The summed E-state index contributed by atoms with van der Waals surface area (Å²) in [6, 6.07) is 3.92. The fourth-order valence-corrected chi connectivity index (χ4v) is 3.71. The highest BCUT2D eigenvalue weighted by Gasteiger charge is 2.29. The topological polar surface area (TPSA) is 49.4 Å². The standard InChI is InChI=1S/C17H24N2O2S/c1-5-15(22-4)17(21)19-10-6-7-13-14(18-12(3)20)9-8-11(2)16(13)19/h8-9,15H,5-7,10H2,1-4H3,(H,18,20). The van der Waals surface area contributed by atoms with Crippen LogP contribution in [0.2, 0.25) is 0 Å². The molecule has 0 bridgehead atoms. The maximum Gasteiger partial charge on any atom is 0.240 e. The number of hydrogen-bond donors (Lipinski definition) is 1. The third-order valence-electron chi connectivity index (χ3n) is 4.07. The highest BCUT2D eigenvalue weighted by atomic mass is 32.2. The van der Waals surface area contributed by atoms with E-state index in [1.807, 2.05) is 37.1 Å². The number of benzene rings is 1. The molecule has 2 rings (SSSR count). The number of nitrogens with zero attached hydrogens (tertiary/aromatic N) is 1. The lowest BCUT2D eigenvalue weighted by molar-refractivity contribution is -0.118. The van der Waals surface area contributed by atoms with E-state index < -0.39 is 0 Å². The monoisotopic (exact) mass is 320 g/mol. The molecule has 1 N–H and O–H groups in total. The van der Waals surface area contributed by atoms with Crippen molar-refractivity contribution < 1.29 is 9.59 Å². The van der Waals surface area contributed by atoms with Gasteiger partial charge in [0.2, 0.25) is 11.8 Å². The molecule has 0 aliphatic carbocycles. The van der Waals surface area contributed by atoms with Crippen molar-refractivity contribution in [2.75, 3.05) is 23.0 Å². The molecular weight excluding hydrogens is 296 g/mol. The Bertz CT molecular complexity index is 582. The van der Waals surface area contributed by atoms with Gasteiger partial charge in [0.25, 0.3) is 0 Å². The van der Waals surface area contributed by atoms with E-state index in [0.29, 0.717) is 0 Å². The minimum absolute atomic E-state index is 0.00484. The van der Waals surface area contributed by atoms with Crippen LogP contribution in [0.15, 0.2) is 12.1 Å². The Balaban J connectivity index is 2.45. The zero-order valence-electron chi connectivity index (χ0n) is 13.7. The largest absolute Gasteiger partial charge is 0.326 e. The summed E-state index contributed by atoms with van der Waals surface area (Å²) >= 11 is 1.61. The van der Waals surface area contributed by atoms with Gasteiger partial charge in [0.1, 0.15) is 0 Å². The smallest absolute Gasteiger partial charge is 0.240 e. The summed E-state index contributed by atoms with van der Waals surface area (Å²) in [5.41, 5.74) is 4.01. The molecule has 5 heteroatoms. The van der Waals surface area contributed by atoms with Gasteiger partial charge in [-0.1, -0.05) is 13.0 Å². The van der Waals surface area contributed by atoms with Crippen molar-refractivity contribution in [3.63, 3.8) is 0 Å². The van der Waals surface area contributed by atoms with Crippen LogP contribution >= 0.6 is 11.8 Å². The predicted octanol–water partition coefficient (Wildman–Crippen LogP) is 3.37. The van der Waals surface area contributed by atoms with Gasteiger partial charge < -0.3 is 10.2 Å². The fourth-order valence-electron chi connectivity index (χ4n) is 3.05. The van der Waals surface area contributed by atoms with Crippen LogP contribution in [0.5, 0.6) is 0 Å². The molecule has 0 fully saturated rings. The number of aryl methyl sites for hydroxylation is 1. The van der Waals surface area contributed by atoms with E-state index >= 15 is 0 Å². The highest BCUT2D eigenvalue weighted by Crippen LogP contribution is 2.37. The number of anilines is 2. The number of nitrogens with one attached hydrogen (secondary N) is 1. The molecule has 1 aromatic rings. The zero-order valence-corrected chi connectivity index (χ0v) is 14.5. The van der Waals surface area contributed by atoms with Crippen LogP contribution in [-0.4, -0.2) is 29.9 Å². The van der Waals surface area contributed by atoms with Crippen molar-refractivity contribution in [3.05, 3.63) is 23.3 Å². The van der Waals surface area contributed by atoms with E-state index in [1.165, 1.54) is 6.92 Å². The summed E-state index contributed by atoms with van der Waals surface area (Å²) in [6.07, 6.45) is 4.64. The Labute approximate surface area is 136 Å². The van der Waals surface area contributed by atoms with Crippen molar-refractivity contribution >= 4 is 35.0 Å². The quantitative estimate of drug-likeness (QED) is 0.925. The first-order valence-electron chi connectivity index (χ1n) is 7.73. The van der Waals surface area contributed by atoms with Gasteiger partial charge in [-0.15, -0.1) is 0 Å². The molecule has 0 radical (unpaired) electrons. The third-order valence-corrected chi connectivity index (χ3v) is 5.17. The van der Waals surface area contributed by atoms with Crippen LogP contribution < -0.4 is 10.2 Å². The number of fused-ring (bicyclic) bond motifs is 1. The Kier molecular flexibility index (Phi) is 5.51. The van der Waals surface area contributed by atoms with E-state index in [-0.39, 0.29) is 17.1 Å². The Morgan fingerprint density at radius 2 is 2.14 bits per heavy atom. The molecule has 1 aromatic carbocycles. The number of carbonyl (C=O) groups excluding carboxylic acids is 2. The van der Waals surface area contributed by atoms with Crippen LogP contribution in [0, 0.1) is 6.92 Å². The summed E-state index contributed by atoms with van der Waals surface area (Å²) < 4.78 is 0. The van der Waals surface area contributed by atoms with Crippen molar-refractivity contribution in [1.29, 1.82) is 0 Å². The summed E-state index contributed by atoms with van der Waals surface area (Å²) in [5.74, 6) is 0.101. The van der Waals surface area contributed by atoms with Crippen LogP contribution in [0.4, 0.5) is 11.4 Å². The maximum atomic E-state index is 12.8. The Morgan fingerprint density at radius 1 is 1.41 bits per heavy atom. The van der Waals surface area contributed by atoms with Gasteiger partial charge in [0, 0.05) is 19.2 Å². The summed E-state index contributed by atoms with van der Waals surface area (Å²) in [7, 11) is 0. The summed E-state index contributed by atoms with van der Waals surface area (Å²) in [4.78, 5) is 26.2. The highest BCUT2D eigenvalue weighted by molar-refractivity contribution is 7.99. The van der Waals surface area contributed by atoms with E-state index in [1.54, 1.807) is 11.8 Å². The molecule has 120 valence electrons. The van der Waals surface area contributed by atoms with Crippen LogP contribution in [0.3, 0.4) is 0 Å². The molecule has 4 nitrogen and oxygen atoms in total. The molecule has 2 amide bonds. The van der Waals surface area contributed by atoms with Crippen LogP contribution in [0.1, 0.15) is 37.8 Å². The van der Waals surface area contributed by atoms with E-state index in [9.17, 15) is 9.59 Å². The normalized spacial score (nSPS) is 15.2. The van der Waals surface area contributed by atoms with Crippen LogP contribution in [0.25, 0.3) is 0 Å². The van der Waals surface area contributed by atoms with Gasteiger partial charge in [-0.25, -0.2) is 0 Å². The van der Waals surface area contributed by atoms with E-state index in [0.717, 1.165) is 48.3 Å². The van der Waals surface area contributed by atoms with Crippen molar-refractivity contribution in [2.45, 2.75) is 45.3 Å². The molecule has 1 unspecified atom stereocenters. The maximum absolute atomic E-state index is 12.8. The predicted molar refractivity (Wildman–Crippen MR) is 93.8 cm³/mol. The average Bonchev–Trinajstić information content (AvgIpc) is 2.50. The second-order valence-electron chi connectivity index (χ2n) is 5.66. The third kappa shape index (κ3) is 3.29. The number of rotatable bonds is 4. The molecule has 0 spiro atoms. The van der Waals surface area contributed by atoms with Crippen molar-refractivity contribution in [1.82, 2.24) is 0 Å². The second-order valence-corrected chi connectivity index (χ2v) is 6.70. The molecule has 0 saturated heterocycles. The lowest BCUT2D eigenvalue weighted by Gasteiger charge is -2.34. The first kappa shape index (κ1) is 16.9. The average molecular weight is 320 g/mol. The molecule has 0 aromatic heterocycles. The molecule has 1 heterocycles. The molecule has 0 saturated carbocycles.